The van der Waals surface area contributed by atoms with E-state index in [9.17, 15) is 22.8 Å². The van der Waals surface area contributed by atoms with Gasteiger partial charge in [-0.25, -0.2) is 12.7 Å². The number of carbonyl (C=O) groups excluding carboxylic acids is 3. The Bertz CT molecular complexity index is 1130. The standard InChI is InChI=1S/C23H25N3O5S/c1-32(30,31)25-11-9-16(10-12-25)14-24-21(27)18-6-4-5-17(13-18)15-26-22(28)19-7-2-3-8-20(19)23(26)29/h2-8,13,16H,9-12,14-15H2,1H3,(H,24,27). The summed E-state index contributed by atoms with van der Waals surface area (Å²) in [5, 5.41) is 2.92. The summed E-state index contributed by atoms with van der Waals surface area (Å²) in [6.07, 6.45) is 2.62. The van der Waals surface area contributed by atoms with E-state index in [0.29, 0.717) is 54.7 Å². The third kappa shape index (κ3) is 4.58. The summed E-state index contributed by atoms with van der Waals surface area (Å²) in [4.78, 5) is 39.0. The van der Waals surface area contributed by atoms with Crippen LogP contribution in [0, 0.1) is 5.92 Å². The lowest BCUT2D eigenvalue weighted by Gasteiger charge is -2.30. The SMILES string of the molecule is CS(=O)(=O)N1CCC(CNC(=O)c2cccc(CN3C(=O)c4ccccc4C3=O)c2)CC1. The van der Waals surface area contributed by atoms with E-state index < -0.39 is 10.0 Å². The minimum Gasteiger partial charge on any atom is -0.352 e. The van der Waals surface area contributed by atoms with Crippen molar-refractivity contribution < 1.29 is 22.8 Å². The Kier molecular flexibility index (Phi) is 6.12. The van der Waals surface area contributed by atoms with Crippen LogP contribution in [0.2, 0.25) is 0 Å². The molecule has 2 aromatic carbocycles. The summed E-state index contributed by atoms with van der Waals surface area (Å²) in [6, 6.07) is 13.6. The fourth-order valence-corrected chi connectivity index (χ4v) is 5.03. The Morgan fingerprint density at radius 1 is 1.00 bits per heavy atom. The predicted octanol–water partition coefficient (Wildman–Crippen LogP) is 1.88. The van der Waals surface area contributed by atoms with E-state index in [1.165, 1.54) is 15.5 Å². The van der Waals surface area contributed by atoms with E-state index in [-0.39, 0.29) is 30.2 Å². The molecule has 0 aromatic heterocycles. The first-order chi connectivity index (χ1) is 15.2. The van der Waals surface area contributed by atoms with Crippen molar-refractivity contribution in [3.05, 3.63) is 70.8 Å². The van der Waals surface area contributed by atoms with E-state index in [0.717, 1.165) is 0 Å². The average Bonchev–Trinajstić information content (AvgIpc) is 3.02. The molecule has 0 spiro atoms. The number of amides is 3. The number of piperidine rings is 1. The number of nitrogens with one attached hydrogen (secondary N) is 1. The van der Waals surface area contributed by atoms with Gasteiger partial charge in [0.1, 0.15) is 0 Å². The number of fused-ring (bicyclic) bond motifs is 1. The monoisotopic (exact) mass is 455 g/mol. The van der Waals surface area contributed by atoms with Crippen LogP contribution in [0.15, 0.2) is 48.5 Å². The Hall–Kier alpha value is -3.04. The third-order valence-corrected chi connectivity index (χ3v) is 7.31. The number of hydrogen-bond acceptors (Lipinski definition) is 5. The molecule has 2 aliphatic rings. The highest BCUT2D eigenvalue weighted by molar-refractivity contribution is 7.88. The van der Waals surface area contributed by atoms with Gasteiger partial charge in [0.25, 0.3) is 17.7 Å². The molecule has 1 fully saturated rings. The zero-order valence-electron chi connectivity index (χ0n) is 17.8. The minimum atomic E-state index is -3.17. The zero-order chi connectivity index (χ0) is 22.9. The molecular formula is C23H25N3O5S. The maximum absolute atomic E-state index is 12.6. The number of carbonyl (C=O) groups is 3. The highest BCUT2D eigenvalue weighted by Crippen LogP contribution is 2.24. The van der Waals surface area contributed by atoms with Crippen LogP contribution in [-0.4, -0.2) is 61.2 Å². The van der Waals surface area contributed by atoms with Crippen molar-refractivity contribution in [2.24, 2.45) is 5.92 Å². The molecule has 0 bridgehead atoms. The lowest BCUT2D eigenvalue weighted by molar-refractivity contribution is 0.0642. The highest BCUT2D eigenvalue weighted by Gasteiger charge is 2.35. The molecule has 2 heterocycles. The molecule has 1 saturated heterocycles. The molecule has 3 amide bonds. The van der Waals surface area contributed by atoms with Crippen LogP contribution in [-0.2, 0) is 16.6 Å². The summed E-state index contributed by atoms with van der Waals surface area (Å²) in [5.74, 6) is -0.681. The Balaban J connectivity index is 1.35. The smallest absolute Gasteiger partial charge is 0.261 e. The predicted molar refractivity (Wildman–Crippen MR) is 119 cm³/mol. The van der Waals surface area contributed by atoms with Gasteiger partial charge in [-0.1, -0.05) is 24.3 Å². The van der Waals surface area contributed by atoms with Crippen molar-refractivity contribution in [1.82, 2.24) is 14.5 Å². The number of nitrogens with zero attached hydrogens (tertiary/aromatic N) is 2. The first kappa shape index (κ1) is 22.2. The minimum absolute atomic E-state index is 0.0947. The molecule has 32 heavy (non-hydrogen) atoms. The highest BCUT2D eigenvalue weighted by atomic mass is 32.2. The van der Waals surface area contributed by atoms with Gasteiger partial charge in [0, 0.05) is 25.2 Å². The molecule has 2 aliphatic heterocycles. The first-order valence-electron chi connectivity index (χ1n) is 10.5. The topological polar surface area (TPSA) is 104 Å². The van der Waals surface area contributed by atoms with Gasteiger partial charge in [-0.2, -0.15) is 0 Å². The molecule has 0 radical (unpaired) electrons. The number of benzene rings is 2. The van der Waals surface area contributed by atoms with Crippen molar-refractivity contribution in [3.8, 4) is 0 Å². The number of sulfonamides is 1. The third-order valence-electron chi connectivity index (χ3n) is 6.00. The van der Waals surface area contributed by atoms with E-state index in [1.807, 2.05) is 0 Å². The molecule has 8 nitrogen and oxygen atoms in total. The average molecular weight is 456 g/mol. The summed E-state index contributed by atoms with van der Waals surface area (Å²) in [6.45, 7) is 1.50. The van der Waals surface area contributed by atoms with Gasteiger partial charge < -0.3 is 5.32 Å². The van der Waals surface area contributed by atoms with Crippen LogP contribution in [0.3, 0.4) is 0 Å². The summed E-state index contributed by atoms with van der Waals surface area (Å²) >= 11 is 0. The molecule has 0 aliphatic carbocycles. The van der Waals surface area contributed by atoms with Gasteiger partial charge in [0.15, 0.2) is 0 Å². The summed E-state index contributed by atoms with van der Waals surface area (Å²) < 4.78 is 24.7. The molecule has 4 rings (SSSR count). The van der Waals surface area contributed by atoms with Crippen molar-refractivity contribution >= 4 is 27.7 Å². The van der Waals surface area contributed by atoms with Crippen LogP contribution >= 0.6 is 0 Å². The fourth-order valence-electron chi connectivity index (χ4n) is 4.16. The van der Waals surface area contributed by atoms with Gasteiger partial charge in [0.2, 0.25) is 10.0 Å². The lowest BCUT2D eigenvalue weighted by Crippen LogP contribution is -2.41. The van der Waals surface area contributed by atoms with E-state index in [4.69, 9.17) is 0 Å². The quantitative estimate of drug-likeness (QED) is 0.670. The van der Waals surface area contributed by atoms with E-state index in [1.54, 1.807) is 48.5 Å². The second-order valence-electron chi connectivity index (χ2n) is 8.26. The zero-order valence-corrected chi connectivity index (χ0v) is 18.6. The number of hydrogen-bond donors (Lipinski definition) is 1. The molecule has 0 unspecified atom stereocenters. The van der Waals surface area contributed by atoms with Gasteiger partial charge in [-0.05, 0) is 48.6 Å². The number of imide groups is 1. The van der Waals surface area contributed by atoms with Gasteiger partial charge in [0.05, 0.1) is 23.9 Å². The molecule has 9 heteroatoms. The maximum Gasteiger partial charge on any atom is 0.261 e. The Morgan fingerprint density at radius 3 is 2.22 bits per heavy atom. The van der Waals surface area contributed by atoms with Gasteiger partial charge in [-0.15, -0.1) is 0 Å². The molecule has 1 N–H and O–H groups in total. The van der Waals surface area contributed by atoms with Crippen molar-refractivity contribution in [3.63, 3.8) is 0 Å². The molecule has 0 saturated carbocycles. The molecule has 2 aromatic rings. The van der Waals surface area contributed by atoms with Crippen LogP contribution in [0.5, 0.6) is 0 Å². The lowest BCUT2D eigenvalue weighted by atomic mass is 9.98. The van der Waals surface area contributed by atoms with Gasteiger partial charge in [-0.3, -0.25) is 19.3 Å². The number of rotatable bonds is 6. The van der Waals surface area contributed by atoms with Crippen LogP contribution in [0.25, 0.3) is 0 Å². The Labute approximate surface area is 187 Å². The molecule has 168 valence electrons. The van der Waals surface area contributed by atoms with Crippen LogP contribution in [0.1, 0.15) is 49.5 Å². The summed E-state index contributed by atoms with van der Waals surface area (Å²) in [7, 11) is -3.17. The van der Waals surface area contributed by atoms with Gasteiger partial charge >= 0.3 is 0 Å². The second kappa shape index (κ2) is 8.84. The first-order valence-corrected chi connectivity index (χ1v) is 12.4. The molecule has 0 atom stereocenters. The van der Waals surface area contributed by atoms with Crippen molar-refractivity contribution in [2.75, 3.05) is 25.9 Å². The maximum atomic E-state index is 12.6. The van der Waals surface area contributed by atoms with Crippen molar-refractivity contribution in [2.45, 2.75) is 19.4 Å². The van der Waals surface area contributed by atoms with E-state index >= 15 is 0 Å². The van der Waals surface area contributed by atoms with E-state index in [2.05, 4.69) is 5.32 Å². The molecular weight excluding hydrogens is 430 g/mol. The van der Waals surface area contributed by atoms with Crippen LogP contribution in [0.4, 0.5) is 0 Å². The fraction of sp³-hybridized carbons (Fsp3) is 0.348. The normalized spacial score (nSPS) is 17.5. The summed E-state index contributed by atoms with van der Waals surface area (Å²) in [5.41, 5.74) is 1.93. The largest absolute Gasteiger partial charge is 0.352 e. The second-order valence-corrected chi connectivity index (χ2v) is 10.2. The Morgan fingerprint density at radius 2 is 1.62 bits per heavy atom. The van der Waals surface area contributed by atoms with Crippen molar-refractivity contribution in [1.29, 1.82) is 0 Å². The van der Waals surface area contributed by atoms with Crippen LogP contribution < -0.4 is 5.32 Å².